The van der Waals surface area contributed by atoms with E-state index in [1.807, 2.05) is 12.1 Å². The lowest BCUT2D eigenvalue weighted by Gasteiger charge is -2.48. The molecule has 2 amide bonds. The summed E-state index contributed by atoms with van der Waals surface area (Å²) < 4.78 is 10.6. The second-order valence-electron chi connectivity index (χ2n) is 9.67. The largest absolute Gasteiger partial charge is 0.493 e. The van der Waals surface area contributed by atoms with E-state index in [9.17, 15) is 14.7 Å². The first-order valence-corrected chi connectivity index (χ1v) is 12.2. The second-order valence-corrected chi connectivity index (χ2v) is 9.67. The third kappa shape index (κ3) is 5.11. The number of likely N-dealkylation sites (tertiary alicyclic amines) is 1. The highest BCUT2D eigenvalue weighted by molar-refractivity contribution is 5.96. The molecule has 35 heavy (non-hydrogen) atoms. The van der Waals surface area contributed by atoms with Gasteiger partial charge in [0.1, 0.15) is 5.75 Å². The van der Waals surface area contributed by atoms with Crippen LogP contribution in [0.2, 0.25) is 0 Å². The number of hydrogen-bond acceptors (Lipinski definition) is 7. The monoisotopic (exact) mass is 480 g/mol. The van der Waals surface area contributed by atoms with Crippen LogP contribution in [-0.4, -0.2) is 72.2 Å². The SMILES string of the molecule is COc1ccc(C2(O)CCC(N3CC(NC(=O)CNC(=O)c4ccc5c(c4)CCO5)C3)CC2)cn1. The van der Waals surface area contributed by atoms with Gasteiger partial charge in [-0.05, 0) is 55.5 Å². The van der Waals surface area contributed by atoms with Crippen LogP contribution < -0.4 is 20.1 Å². The van der Waals surface area contributed by atoms with Crippen molar-refractivity contribution in [2.24, 2.45) is 0 Å². The Labute approximate surface area is 204 Å². The Morgan fingerprint density at radius 2 is 2.03 bits per heavy atom. The average Bonchev–Trinajstić information content (AvgIpc) is 3.33. The van der Waals surface area contributed by atoms with Crippen molar-refractivity contribution >= 4 is 11.8 Å². The van der Waals surface area contributed by atoms with Crippen molar-refractivity contribution in [3.8, 4) is 11.6 Å². The smallest absolute Gasteiger partial charge is 0.251 e. The zero-order valence-electron chi connectivity index (χ0n) is 20.0. The van der Waals surface area contributed by atoms with Gasteiger partial charge >= 0.3 is 0 Å². The zero-order valence-corrected chi connectivity index (χ0v) is 20.0. The third-order valence-corrected chi connectivity index (χ3v) is 7.42. The van der Waals surface area contributed by atoms with Crippen molar-refractivity contribution in [1.29, 1.82) is 0 Å². The van der Waals surface area contributed by atoms with Crippen LogP contribution in [-0.2, 0) is 16.8 Å². The summed E-state index contributed by atoms with van der Waals surface area (Å²) in [4.78, 5) is 31.3. The standard InChI is InChI=1S/C26H32N4O5/c1-34-24-5-3-19(13-27-24)26(33)9-6-21(7-10-26)30-15-20(16-30)29-23(31)14-28-25(32)18-2-4-22-17(12-18)8-11-35-22/h2-5,12-13,20-21,33H,6-11,14-16H2,1H3,(H,28,32)(H,29,31). The molecule has 2 fully saturated rings. The van der Waals surface area contributed by atoms with Gasteiger partial charge in [-0.25, -0.2) is 4.98 Å². The summed E-state index contributed by atoms with van der Waals surface area (Å²) in [5, 5.41) is 16.8. The highest BCUT2D eigenvalue weighted by Crippen LogP contribution is 2.39. The van der Waals surface area contributed by atoms with Gasteiger partial charge in [-0.15, -0.1) is 0 Å². The number of benzene rings is 1. The number of carbonyl (C=O) groups excluding carboxylic acids is 2. The molecule has 2 aliphatic heterocycles. The van der Waals surface area contributed by atoms with E-state index in [1.54, 1.807) is 31.5 Å². The van der Waals surface area contributed by atoms with Crippen molar-refractivity contribution < 1.29 is 24.2 Å². The van der Waals surface area contributed by atoms with Gasteiger partial charge in [0.05, 0.1) is 31.9 Å². The van der Waals surface area contributed by atoms with Gasteiger partial charge in [0.15, 0.2) is 0 Å². The minimum atomic E-state index is -0.849. The Morgan fingerprint density at radius 1 is 1.23 bits per heavy atom. The molecular formula is C26H32N4O5. The first-order valence-electron chi connectivity index (χ1n) is 12.2. The van der Waals surface area contributed by atoms with Gasteiger partial charge < -0.3 is 25.2 Å². The molecule has 3 aliphatic rings. The van der Waals surface area contributed by atoms with E-state index in [2.05, 4.69) is 20.5 Å². The molecule has 186 valence electrons. The molecule has 1 aromatic heterocycles. The fraction of sp³-hybridized carbons (Fsp3) is 0.500. The molecule has 0 unspecified atom stereocenters. The lowest BCUT2D eigenvalue weighted by atomic mass is 9.77. The van der Waals surface area contributed by atoms with Crippen LogP contribution in [0.3, 0.4) is 0 Å². The maximum atomic E-state index is 12.4. The van der Waals surface area contributed by atoms with E-state index in [0.717, 1.165) is 49.2 Å². The van der Waals surface area contributed by atoms with Gasteiger partial charge in [-0.3, -0.25) is 14.5 Å². The van der Waals surface area contributed by atoms with E-state index in [1.165, 1.54) is 0 Å². The third-order valence-electron chi connectivity index (χ3n) is 7.42. The molecule has 0 radical (unpaired) electrons. The van der Waals surface area contributed by atoms with Gasteiger partial charge in [0.25, 0.3) is 5.91 Å². The van der Waals surface area contributed by atoms with Crippen molar-refractivity contribution in [1.82, 2.24) is 20.5 Å². The fourth-order valence-electron chi connectivity index (χ4n) is 5.28. The molecule has 1 saturated carbocycles. The molecule has 0 spiro atoms. The first kappa shape index (κ1) is 23.6. The first-order chi connectivity index (χ1) is 16.9. The van der Waals surface area contributed by atoms with E-state index in [4.69, 9.17) is 9.47 Å². The number of methoxy groups -OCH3 is 1. The Balaban J connectivity index is 1.02. The highest BCUT2D eigenvalue weighted by Gasteiger charge is 2.40. The van der Waals surface area contributed by atoms with Crippen molar-refractivity contribution in [2.75, 3.05) is 33.4 Å². The average molecular weight is 481 g/mol. The minimum absolute atomic E-state index is 0.0464. The number of hydrogen-bond donors (Lipinski definition) is 3. The van der Waals surface area contributed by atoms with Crippen LogP contribution in [0, 0.1) is 0 Å². The van der Waals surface area contributed by atoms with E-state index in [0.29, 0.717) is 36.9 Å². The molecule has 3 N–H and O–H groups in total. The second kappa shape index (κ2) is 9.83. The Kier molecular flexibility index (Phi) is 6.62. The van der Waals surface area contributed by atoms with Crippen molar-refractivity contribution in [3.63, 3.8) is 0 Å². The Bertz CT molecular complexity index is 1080. The van der Waals surface area contributed by atoms with Crippen molar-refractivity contribution in [2.45, 2.75) is 49.8 Å². The van der Waals surface area contributed by atoms with E-state index in [-0.39, 0.29) is 24.4 Å². The summed E-state index contributed by atoms with van der Waals surface area (Å²) in [6, 6.07) is 9.51. The van der Waals surface area contributed by atoms with Gasteiger partial charge in [0, 0.05) is 48.9 Å². The summed E-state index contributed by atoms with van der Waals surface area (Å²) >= 11 is 0. The molecular weight excluding hydrogens is 448 g/mol. The highest BCUT2D eigenvalue weighted by atomic mass is 16.5. The molecule has 5 rings (SSSR count). The molecule has 0 bridgehead atoms. The molecule has 2 aromatic rings. The molecule has 1 aliphatic carbocycles. The Hall–Kier alpha value is -3.17. The number of pyridine rings is 1. The van der Waals surface area contributed by atoms with Crippen molar-refractivity contribution in [3.05, 3.63) is 53.2 Å². The number of rotatable bonds is 7. The predicted octanol–water partition coefficient (Wildman–Crippen LogP) is 1.39. The normalized spacial score (nSPS) is 24.1. The van der Waals surface area contributed by atoms with E-state index >= 15 is 0 Å². The molecule has 3 heterocycles. The number of nitrogens with one attached hydrogen (secondary N) is 2. The molecule has 0 atom stereocenters. The van der Waals surface area contributed by atoms with Crippen LogP contribution in [0.15, 0.2) is 36.5 Å². The topological polar surface area (TPSA) is 113 Å². The van der Waals surface area contributed by atoms with Crippen LogP contribution in [0.25, 0.3) is 0 Å². The number of nitrogens with zero attached hydrogens (tertiary/aromatic N) is 2. The number of carbonyl (C=O) groups is 2. The maximum Gasteiger partial charge on any atom is 0.251 e. The summed E-state index contributed by atoms with van der Waals surface area (Å²) in [7, 11) is 1.58. The number of fused-ring (bicyclic) bond motifs is 1. The summed E-state index contributed by atoms with van der Waals surface area (Å²) in [6.45, 7) is 2.17. The fourth-order valence-corrected chi connectivity index (χ4v) is 5.28. The van der Waals surface area contributed by atoms with Crippen LogP contribution in [0.4, 0.5) is 0 Å². The zero-order chi connectivity index (χ0) is 24.4. The minimum Gasteiger partial charge on any atom is -0.493 e. The quantitative estimate of drug-likeness (QED) is 0.549. The number of ether oxygens (including phenoxy) is 2. The summed E-state index contributed by atoms with van der Waals surface area (Å²) in [5.74, 6) is 0.927. The number of aromatic nitrogens is 1. The lowest BCUT2D eigenvalue weighted by Crippen LogP contribution is -2.63. The lowest BCUT2D eigenvalue weighted by molar-refractivity contribution is -0.122. The number of aliphatic hydroxyl groups is 1. The summed E-state index contributed by atoms with van der Waals surface area (Å²) in [5.41, 5.74) is 1.55. The predicted molar refractivity (Wildman–Crippen MR) is 128 cm³/mol. The van der Waals surface area contributed by atoms with Crippen LogP contribution in [0.5, 0.6) is 11.6 Å². The van der Waals surface area contributed by atoms with E-state index < -0.39 is 5.60 Å². The van der Waals surface area contributed by atoms with Gasteiger partial charge in [0.2, 0.25) is 11.8 Å². The van der Waals surface area contributed by atoms with Crippen LogP contribution >= 0.6 is 0 Å². The maximum absolute atomic E-state index is 12.4. The molecule has 9 heteroatoms. The molecule has 9 nitrogen and oxygen atoms in total. The number of amides is 2. The molecule has 1 aromatic carbocycles. The van der Waals surface area contributed by atoms with Crippen LogP contribution in [0.1, 0.15) is 47.2 Å². The van der Waals surface area contributed by atoms with Gasteiger partial charge in [-0.2, -0.15) is 0 Å². The summed E-state index contributed by atoms with van der Waals surface area (Å²) in [6.07, 6.45) is 5.65. The molecule has 1 saturated heterocycles. The Morgan fingerprint density at radius 3 is 2.74 bits per heavy atom. The van der Waals surface area contributed by atoms with Gasteiger partial charge in [-0.1, -0.05) is 0 Å².